The summed E-state index contributed by atoms with van der Waals surface area (Å²) in [6.07, 6.45) is 5.29. The molecule has 0 N–H and O–H groups in total. The van der Waals surface area contributed by atoms with Crippen LogP contribution in [0, 0.1) is 6.92 Å². The normalized spacial score (nSPS) is 17.6. The number of hydrogen-bond donors (Lipinski definition) is 0. The number of aryl methyl sites for hydroxylation is 1. The van der Waals surface area contributed by atoms with Gasteiger partial charge in [-0.05, 0) is 25.8 Å². The van der Waals surface area contributed by atoms with Gasteiger partial charge in [-0.25, -0.2) is 9.50 Å². The van der Waals surface area contributed by atoms with Gasteiger partial charge in [0.05, 0.1) is 5.69 Å². The Hall–Kier alpha value is -2.97. The van der Waals surface area contributed by atoms with Crippen LogP contribution in [0.25, 0.3) is 5.65 Å². The summed E-state index contributed by atoms with van der Waals surface area (Å²) in [6, 6.07) is 1.76. The van der Waals surface area contributed by atoms with E-state index in [0.29, 0.717) is 56.2 Å². The molecule has 0 atom stereocenters. The third-order valence-electron chi connectivity index (χ3n) is 5.21. The number of piperazine rings is 1. The first-order valence-electron chi connectivity index (χ1n) is 9.23. The van der Waals surface area contributed by atoms with E-state index in [1.165, 1.54) is 0 Å². The van der Waals surface area contributed by atoms with Crippen molar-refractivity contribution in [3.63, 3.8) is 0 Å². The summed E-state index contributed by atoms with van der Waals surface area (Å²) in [5.74, 6) is -1.02. The summed E-state index contributed by atoms with van der Waals surface area (Å²) in [5, 5.41) is 4.33. The van der Waals surface area contributed by atoms with E-state index in [0.717, 1.165) is 12.8 Å². The van der Waals surface area contributed by atoms with E-state index in [1.807, 2.05) is 0 Å². The van der Waals surface area contributed by atoms with Crippen LogP contribution in [-0.2, 0) is 9.59 Å². The SMILES string of the molecule is Cc1nn2cccnc2c1C(=O)N1CCN(C(=O)C(=O)N2CCCC2)CC1. The van der Waals surface area contributed by atoms with Crippen LogP contribution in [0.4, 0.5) is 0 Å². The van der Waals surface area contributed by atoms with Crippen LogP contribution in [-0.4, -0.2) is 86.3 Å². The molecule has 3 amide bonds. The van der Waals surface area contributed by atoms with E-state index in [4.69, 9.17) is 0 Å². The number of carbonyl (C=O) groups is 3. The summed E-state index contributed by atoms with van der Waals surface area (Å²) >= 11 is 0. The predicted octanol–water partition coefficient (Wildman–Crippen LogP) is -0.0555. The molecule has 9 heteroatoms. The Morgan fingerprint density at radius 1 is 0.889 bits per heavy atom. The Kier molecular flexibility index (Phi) is 4.51. The van der Waals surface area contributed by atoms with Crippen molar-refractivity contribution in [1.82, 2.24) is 29.3 Å². The predicted molar refractivity (Wildman–Crippen MR) is 96.0 cm³/mol. The van der Waals surface area contributed by atoms with Crippen molar-refractivity contribution >= 4 is 23.4 Å². The van der Waals surface area contributed by atoms with Crippen LogP contribution in [0.15, 0.2) is 18.5 Å². The maximum atomic E-state index is 13.0. The molecule has 0 spiro atoms. The van der Waals surface area contributed by atoms with E-state index in [2.05, 4.69) is 10.1 Å². The van der Waals surface area contributed by atoms with Gasteiger partial charge in [-0.3, -0.25) is 14.4 Å². The molecule has 2 aliphatic rings. The highest BCUT2D eigenvalue weighted by Crippen LogP contribution is 2.17. The lowest BCUT2D eigenvalue weighted by atomic mass is 10.2. The fourth-order valence-corrected chi connectivity index (χ4v) is 3.71. The van der Waals surface area contributed by atoms with Gasteiger partial charge in [0, 0.05) is 51.7 Å². The van der Waals surface area contributed by atoms with Crippen LogP contribution in [0.3, 0.4) is 0 Å². The number of amides is 3. The maximum Gasteiger partial charge on any atom is 0.312 e. The second kappa shape index (κ2) is 6.98. The smallest absolute Gasteiger partial charge is 0.312 e. The molecule has 9 nitrogen and oxygen atoms in total. The fraction of sp³-hybridized carbons (Fsp3) is 0.500. The third-order valence-corrected chi connectivity index (χ3v) is 5.21. The van der Waals surface area contributed by atoms with Crippen LogP contribution in [0.5, 0.6) is 0 Å². The van der Waals surface area contributed by atoms with Crippen molar-refractivity contribution in [2.45, 2.75) is 19.8 Å². The largest absolute Gasteiger partial charge is 0.335 e. The molecule has 27 heavy (non-hydrogen) atoms. The average Bonchev–Trinajstić information content (AvgIpc) is 3.33. The molecule has 142 valence electrons. The lowest BCUT2D eigenvalue weighted by Crippen LogP contribution is -2.54. The van der Waals surface area contributed by atoms with Crippen molar-refractivity contribution < 1.29 is 14.4 Å². The van der Waals surface area contributed by atoms with Crippen molar-refractivity contribution in [3.05, 3.63) is 29.7 Å². The molecule has 2 aliphatic heterocycles. The van der Waals surface area contributed by atoms with Crippen LogP contribution < -0.4 is 0 Å². The molecule has 0 radical (unpaired) electrons. The zero-order valence-electron chi connectivity index (χ0n) is 15.3. The van der Waals surface area contributed by atoms with Crippen LogP contribution in [0.2, 0.25) is 0 Å². The first-order chi connectivity index (χ1) is 13.1. The van der Waals surface area contributed by atoms with Gasteiger partial charge in [0.2, 0.25) is 0 Å². The Morgan fingerprint density at radius 3 is 2.15 bits per heavy atom. The summed E-state index contributed by atoms with van der Waals surface area (Å²) in [4.78, 5) is 46.8. The second-order valence-corrected chi connectivity index (χ2v) is 6.93. The number of likely N-dealkylation sites (tertiary alicyclic amines) is 1. The molecule has 0 aliphatic carbocycles. The number of carbonyl (C=O) groups excluding carboxylic acids is 3. The quantitative estimate of drug-likeness (QED) is 0.656. The van der Waals surface area contributed by atoms with Gasteiger partial charge in [0.1, 0.15) is 5.56 Å². The Morgan fingerprint density at radius 2 is 1.48 bits per heavy atom. The highest BCUT2D eigenvalue weighted by Gasteiger charge is 2.33. The molecule has 4 rings (SSSR count). The number of aromatic nitrogens is 3. The number of hydrogen-bond acceptors (Lipinski definition) is 5. The van der Waals surface area contributed by atoms with E-state index in [9.17, 15) is 14.4 Å². The van der Waals surface area contributed by atoms with E-state index in [1.54, 1.807) is 44.6 Å². The van der Waals surface area contributed by atoms with Crippen molar-refractivity contribution in [2.75, 3.05) is 39.3 Å². The molecule has 2 fully saturated rings. The molecule has 4 heterocycles. The van der Waals surface area contributed by atoms with Gasteiger partial charge >= 0.3 is 11.8 Å². The summed E-state index contributed by atoms with van der Waals surface area (Å²) in [5.41, 5.74) is 1.65. The lowest BCUT2D eigenvalue weighted by molar-refractivity contribution is -0.152. The highest BCUT2D eigenvalue weighted by atomic mass is 16.2. The Bertz CT molecular complexity index is 894. The average molecular weight is 370 g/mol. The fourth-order valence-electron chi connectivity index (χ4n) is 3.71. The topological polar surface area (TPSA) is 91.1 Å². The second-order valence-electron chi connectivity index (χ2n) is 6.93. The molecule has 0 aromatic carbocycles. The van der Waals surface area contributed by atoms with Gasteiger partial charge in [0.25, 0.3) is 5.91 Å². The van der Waals surface area contributed by atoms with Crippen molar-refractivity contribution in [1.29, 1.82) is 0 Å². The summed E-state index contributed by atoms with van der Waals surface area (Å²) in [6.45, 7) is 4.60. The first kappa shape index (κ1) is 17.4. The zero-order chi connectivity index (χ0) is 19.0. The monoisotopic (exact) mass is 370 g/mol. The van der Waals surface area contributed by atoms with Gasteiger partial charge in [-0.15, -0.1) is 0 Å². The number of rotatable bonds is 1. The van der Waals surface area contributed by atoms with Gasteiger partial charge in [-0.1, -0.05) is 0 Å². The molecule has 2 aromatic rings. The Labute approximate surface area is 156 Å². The minimum absolute atomic E-state index is 0.140. The zero-order valence-corrected chi connectivity index (χ0v) is 15.3. The molecule has 2 aromatic heterocycles. The first-order valence-corrected chi connectivity index (χ1v) is 9.23. The summed E-state index contributed by atoms with van der Waals surface area (Å²) < 4.78 is 1.59. The van der Waals surface area contributed by atoms with Gasteiger partial charge in [0.15, 0.2) is 5.65 Å². The third kappa shape index (κ3) is 3.13. The molecule has 0 saturated carbocycles. The molecule has 0 bridgehead atoms. The Balaban J connectivity index is 1.43. The van der Waals surface area contributed by atoms with Crippen molar-refractivity contribution in [2.24, 2.45) is 0 Å². The van der Waals surface area contributed by atoms with Gasteiger partial charge < -0.3 is 14.7 Å². The lowest BCUT2D eigenvalue weighted by Gasteiger charge is -2.34. The van der Waals surface area contributed by atoms with Gasteiger partial charge in [-0.2, -0.15) is 5.10 Å². The molecular formula is C18H22N6O3. The van der Waals surface area contributed by atoms with E-state index < -0.39 is 11.8 Å². The minimum Gasteiger partial charge on any atom is -0.335 e. The molecule has 2 saturated heterocycles. The summed E-state index contributed by atoms with van der Waals surface area (Å²) in [7, 11) is 0. The number of fused-ring (bicyclic) bond motifs is 1. The standard InChI is InChI=1S/C18H22N6O3/c1-13-14(15-19-5-4-8-24(15)20-13)16(25)22-9-11-23(12-10-22)18(27)17(26)21-6-2-3-7-21/h4-5,8H,2-3,6-7,9-12H2,1H3. The molecule has 0 unspecified atom stereocenters. The highest BCUT2D eigenvalue weighted by molar-refractivity contribution is 6.35. The minimum atomic E-state index is -0.460. The molecular weight excluding hydrogens is 348 g/mol. The van der Waals surface area contributed by atoms with Crippen LogP contribution >= 0.6 is 0 Å². The van der Waals surface area contributed by atoms with Crippen molar-refractivity contribution in [3.8, 4) is 0 Å². The van der Waals surface area contributed by atoms with E-state index in [-0.39, 0.29) is 5.91 Å². The van der Waals surface area contributed by atoms with Crippen LogP contribution in [0.1, 0.15) is 28.9 Å². The van der Waals surface area contributed by atoms with E-state index >= 15 is 0 Å². The maximum absolute atomic E-state index is 13.0. The number of nitrogens with zero attached hydrogens (tertiary/aromatic N) is 6.